The summed E-state index contributed by atoms with van der Waals surface area (Å²) in [6.45, 7) is 0. The highest BCUT2D eigenvalue weighted by molar-refractivity contribution is 5.01. The lowest BCUT2D eigenvalue weighted by atomic mass is 9.50. The fourth-order valence-corrected chi connectivity index (χ4v) is 4.83. The van der Waals surface area contributed by atoms with Crippen molar-refractivity contribution in [3.63, 3.8) is 0 Å². The van der Waals surface area contributed by atoms with Crippen molar-refractivity contribution in [2.75, 3.05) is 0 Å². The molecule has 4 aliphatic rings. The lowest BCUT2D eigenvalue weighted by Gasteiger charge is -2.55. The number of aliphatic hydroxyl groups is 1. The van der Waals surface area contributed by atoms with Gasteiger partial charge >= 0.3 is 0 Å². The first-order chi connectivity index (χ1) is 7.28. The van der Waals surface area contributed by atoms with Crippen molar-refractivity contribution in [2.24, 2.45) is 29.6 Å². The summed E-state index contributed by atoms with van der Waals surface area (Å²) in [4.78, 5) is 0. The molecule has 4 rings (SSSR count). The molecule has 0 aromatic heterocycles. The molecule has 15 heavy (non-hydrogen) atoms. The van der Waals surface area contributed by atoms with Gasteiger partial charge in [0.25, 0.3) is 0 Å². The molecule has 0 aromatic rings. The normalized spacial score (nSPS) is 48.9. The predicted molar refractivity (Wildman–Crippen MR) is 56.8 cm³/mol. The maximum Gasteiger partial charge on any atom is 0.0703 e. The van der Waals surface area contributed by atoms with Crippen LogP contribution in [0.3, 0.4) is 0 Å². The zero-order valence-electron chi connectivity index (χ0n) is 9.10. The minimum absolute atomic E-state index is 0.340. The molecule has 0 aromatic carbocycles. The zero-order chi connectivity index (χ0) is 10.4. The van der Waals surface area contributed by atoms with E-state index >= 15 is 0 Å². The van der Waals surface area contributed by atoms with E-state index in [2.05, 4.69) is 6.07 Å². The van der Waals surface area contributed by atoms with Crippen molar-refractivity contribution in [1.29, 1.82) is 5.26 Å². The second-order valence-corrected chi connectivity index (χ2v) is 5.94. The number of nitriles is 1. The summed E-state index contributed by atoms with van der Waals surface area (Å²) in [5.74, 6) is 3.85. The van der Waals surface area contributed by atoms with E-state index in [0.29, 0.717) is 12.3 Å². The van der Waals surface area contributed by atoms with E-state index in [1.54, 1.807) is 0 Å². The summed E-state index contributed by atoms with van der Waals surface area (Å²) < 4.78 is 0. The minimum atomic E-state index is -0.343. The van der Waals surface area contributed by atoms with Crippen LogP contribution in [-0.2, 0) is 0 Å². The first kappa shape index (κ1) is 9.66. The van der Waals surface area contributed by atoms with Crippen LogP contribution in [0.1, 0.15) is 38.5 Å². The van der Waals surface area contributed by atoms with Crippen LogP contribution in [0.4, 0.5) is 0 Å². The van der Waals surface area contributed by atoms with E-state index in [1.807, 2.05) is 0 Å². The molecule has 2 heteroatoms. The van der Waals surface area contributed by atoms with Crippen LogP contribution >= 0.6 is 0 Å². The topological polar surface area (TPSA) is 44.0 Å². The van der Waals surface area contributed by atoms with Crippen molar-refractivity contribution in [2.45, 2.75) is 44.6 Å². The fourth-order valence-electron chi connectivity index (χ4n) is 4.83. The molecule has 4 aliphatic carbocycles. The molecule has 82 valence electrons. The molecule has 2 nitrogen and oxygen atoms in total. The van der Waals surface area contributed by atoms with Crippen LogP contribution in [0.5, 0.6) is 0 Å². The Morgan fingerprint density at radius 3 is 2.07 bits per heavy atom. The Balaban J connectivity index is 1.77. The molecule has 4 bridgehead atoms. The van der Waals surface area contributed by atoms with Crippen molar-refractivity contribution in [3.05, 3.63) is 0 Å². The maximum atomic E-state index is 10.1. The average Bonchev–Trinajstić information content (AvgIpc) is 2.15. The Bertz CT molecular complexity index is 265. The lowest BCUT2D eigenvalue weighted by molar-refractivity contribution is -0.0876. The van der Waals surface area contributed by atoms with Crippen molar-refractivity contribution in [1.82, 2.24) is 0 Å². The third-order valence-electron chi connectivity index (χ3n) is 5.04. The Labute approximate surface area is 91.3 Å². The number of nitrogens with zero attached hydrogens (tertiary/aromatic N) is 1. The van der Waals surface area contributed by atoms with Gasteiger partial charge in [-0.25, -0.2) is 0 Å². The van der Waals surface area contributed by atoms with Crippen LogP contribution < -0.4 is 0 Å². The van der Waals surface area contributed by atoms with Gasteiger partial charge in [0, 0.05) is 0 Å². The highest BCUT2D eigenvalue weighted by Crippen LogP contribution is 2.57. The van der Waals surface area contributed by atoms with Gasteiger partial charge in [0.1, 0.15) is 0 Å². The number of rotatable bonds is 2. The first-order valence-electron chi connectivity index (χ1n) is 6.33. The van der Waals surface area contributed by atoms with E-state index in [1.165, 1.54) is 32.1 Å². The van der Waals surface area contributed by atoms with E-state index < -0.39 is 0 Å². The average molecular weight is 205 g/mol. The molecular formula is C13H19NO. The Morgan fingerprint density at radius 2 is 1.60 bits per heavy atom. The van der Waals surface area contributed by atoms with E-state index in [-0.39, 0.29) is 6.10 Å². The summed E-state index contributed by atoms with van der Waals surface area (Å²) in [7, 11) is 0. The summed E-state index contributed by atoms with van der Waals surface area (Å²) in [6.07, 6.45) is 6.78. The standard InChI is InChI=1S/C13H19NO/c14-2-1-12(15)13-10-4-8-3-9(6-10)7-11(13)5-8/h8-13,15H,1,3-7H2. The van der Waals surface area contributed by atoms with E-state index in [9.17, 15) is 5.11 Å². The fraction of sp³-hybridized carbons (Fsp3) is 0.923. The third kappa shape index (κ3) is 1.49. The Hall–Kier alpha value is -0.550. The number of aliphatic hydroxyl groups excluding tert-OH is 1. The Kier molecular flexibility index (Phi) is 2.25. The molecule has 1 N–H and O–H groups in total. The smallest absolute Gasteiger partial charge is 0.0703 e. The van der Waals surface area contributed by atoms with Gasteiger partial charge in [0.2, 0.25) is 0 Å². The monoisotopic (exact) mass is 205 g/mol. The molecule has 0 radical (unpaired) electrons. The highest BCUT2D eigenvalue weighted by Gasteiger charge is 2.50. The van der Waals surface area contributed by atoms with Crippen molar-refractivity contribution < 1.29 is 5.11 Å². The van der Waals surface area contributed by atoms with Crippen LogP contribution in [0.25, 0.3) is 0 Å². The van der Waals surface area contributed by atoms with Crippen LogP contribution in [0.2, 0.25) is 0 Å². The molecule has 1 atom stereocenters. The molecular weight excluding hydrogens is 186 g/mol. The predicted octanol–water partition coefficient (Wildman–Crippen LogP) is 2.33. The molecule has 4 fully saturated rings. The Morgan fingerprint density at radius 1 is 1.07 bits per heavy atom. The van der Waals surface area contributed by atoms with Gasteiger partial charge in [-0.15, -0.1) is 0 Å². The van der Waals surface area contributed by atoms with Gasteiger partial charge in [-0.05, 0) is 61.7 Å². The zero-order valence-corrected chi connectivity index (χ0v) is 9.10. The summed E-state index contributed by atoms with van der Waals surface area (Å²) in [5.41, 5.74) is 0. The molecule has 0 saturated heterocycles. The second kappa shape index (κ2) is 3.49. The lowest BCUT2D eigenvalue weighted by Crippen LogP contribution is -2.49. The SMILES string of the molecule is N#CCC(O)C1C2CC3CC(C2)CC1C3. The van der Waals surface area contributed by atoms with Gasteiger partial charge in [-0.2, -0.15) is 5.26 Å². The number of hydrogen-bond acceptors (Lipinski definition) is 2. The van der Waals surface area contributed by atoms with Crippen LogP contribution in [0, 0.1) is 40.9 Å². The molecule has 0 aliphatic heterocycles. The van der Waals surface area contributed by atoms with Gasteiger partial charge in [0.15, 0.2) is 0 Å². The van der Waals surface area contributed by atoms with Gasteiger partial charge in [-0.1, -0.05) is 0 Å². The molecule has 1 unspecified atom stereocenters. The summed E-state index contributed by atoms with van der Waals surface area (Å²) >= 11 is 0. The van der Waals surface area contributed by atoms with Crippen molar-refractivity contribution >= 4 is 0 Å². The van der Waals surface area contributed by atoms with Crippen molar-refractivity contribution in [3.8, 4) is 6.07 Å². The maximum absolute atomic E-state index is 10.1. The van der Waals surface area contributed by atoms with E-state index in [4.69, 9.17) is 5.26 Å². The molecule has 4 saturated carbocycles. The summed E-state index contributed by atoms with van der Waals surface area (Å²) in [5, 5.41) is 18.7. The van der Waals surface area contributed by atoms with E-state index in [0.717, 1.165) is 23.7 Å². The first-order valence-corrected chi connectivity index (χ1v) is 6.33. The molecule has 0 heterocycles. The number of hydrogen-bond donors (Lipinski definition) is 1. The largest absolute Gasteiger partial charge is 0.392 e. The minimum Gasteiger partial charge on any atom is -0.392 e. The van der Waals surface area contributed by atoms with Gasteiger partial charge < -0.3 is 5.11 Å². The molecule has 0 spiro atoms. The van der Waals surface area contributed by atoms with Crippen LogP contribution in [0.15, 0.2) is 0 Å². The second-order valence-electron chi connectivity index (χ2n) is 5.94. The highest BCUT2D eigenvalue weighted by atomic mass is 16.3. The summed E-state index contributed by atoms with van der Waals surface area (Å²) in [6, 6.07) is 2.13. The third-order valence-corrected chi connectivity index (χ3v) is 5.04. The molecule has 0 amide bonds. The van der Waals surface area contributed by atoms with Gasteiger partial charge in [0.05, 0.1) is 18.6 Å². The van der Waals surface area contributed by atoms with Gasteiger partial charge in [-0.3, -0.25) is 0 Å². The quantitative estimate of drug-likeness (QED) is 0.752. The van der Waals surface area contributed by atoms with Crippen LogP contribution in [-0.4, -0.2) is 11.2 Å².